The Bertz CT molecular complexity index is 671. The fraction of sp³-hybridized carbons (Fsp3) is 0.385. The van der Waals surface area contributed by atoms with Gasteiger partial charge in [-0.05, 0) is 25.1 Å². The summed E-state index contributed by atoms with van der Waals surface area (Å²) in [4.78, 5) is 23.9. The number of carboxylic acid groups (broad SMARTS) is 1. The van der Waals surface area contributed by atoms with Crippen LogP contribution < -0.4 is 0 Å². The van der Waals surface area contributed by atoms with Crippen LogP contribution >= 0.6 is 0 Å². The molecular formula is C13H16FNO5S. The number of rotatable bonds is 5. The van der Waals surface area contributed by atoms with Crippen LogP contribution in [0.5, 0.6) is 0 Å². The molecular weight excluding hydrogens is 301 g/mol. The number of carboxylic acids is 1. The highest BCUT2D eigenvalue weighted by Crippen LogP contribution is 2.14. The minimum absolute atomic E-state index is 0.246. The van der Waals surface area contributed by atoms with E-state index < -0.39 is 33.6 Å². The first kappa shape index (κ1) is 17.1. The lowest BCUT2D eigenvalue weighted by Gasteiger charge is -2.24. The number of nitrogens with zero attached hydrogens (tertiary/aromatic N) is 1. The first-order valence-electron chi connectivity index (χ1n) is 6.00. The Morgan fingerprint density at radius 3 is 2.38 bits per heavy atom. The highest BCUT2D eigenvalue weighted by Gasteiger charge is 2.23. The smallest absolute Gasteiger partial charge is 0.335 e. The summed E-state index contributed by atoms with van der Waals surface area (Å²) in [6.45, 7) is 1.53. The van der Waals surface area contributed by atoms with Gasteiger partial charge in [0.2, 0.25) is 0 Å². The molecule has 21 heavy (non-hydrogen) atoms. The minimum atomic E-state index is -3.28. The molecule has 0 saturated heterocycles. The minimum Gasteiger partial charge on any atom is -0.478 e. The van der Waals surface area contributed by atoms with E-state index in [1.54, 1.807) is 0 Å². The van der Waals surface area contributed by atoms with Crippen molar-refractivity contribution in [2.24, 2.45) is 0 Å². The highest BCUT2D eigenvalue weighted by molar-refractivity contribution is 7.90. The SMILES string of the molecule is CC(CS(C)(=O)=O)N(C)C(=O)c1ccc(C(=O)O)cc1F. The largest absolute Gasteiger partial charge is 0.478 e. The highest BCUT2D eigenvalue weighted by atomic mass is 32.2. The van der Waals surface area contributed by atoms with Crippen LogP contribution in [0.1, 0.15) is 27.6 Å². The van der Waals surface area contributed by atoms with E-state index in [1.807, 2.05) is 0 Å². The molecule has 0 aromatic heterocycles. The van der Waals surface area contributed by atoms with E-state index in [9.17, 15) is 22.4 Å². The Labute approximate surface area is 122 Å². The van der Waals surface area contributed by atoms with Gasteiger partial charge in [-0.15, -0.1) is 0 Å². The molecule has 0 saturated carbocycles. The van der Waals surface area contributed by atoms with Crippen LogP contribution in [0.3, 0.4) is 0 Å². The van der Waals surface area contributed by atoms with E-state index in [-0.39, 0.29) is 16.9 Å². The van der Waals surface area contributed by atoms with Crippen molar-refractivity contribution in [3.05, 3.63) is 35.1 Å². The third-order valence-electron chi connectivity index (χ3n) is 2.97. The van der Waals surface area contributed by atoms with Crippen molar-refractivity contribution in [3.63, 3.8) is 0 Å². The van der Waals surface area contributed by atoms with Crippen molar-refractivity contribution >= 4 is 21.7 Å². The standard InChI is InChI=1S/C13H16FNO5S/c1-8(7-21(3,19)20)15(2)12(16)10-5-4-9(13(17)18)6-11(10)14/h4-6,8H,7H2,1-3H3,(H,17,18). The molecule has 0 radical (unpaired) electrons. The van der Waals surface area contributed by atoms with E-state index in [2.05, 4.69) is 0 Å². The van der Waals surface area contributed by atoms with Crippen molar-refractivity contribution < 1.29 is 27.5 Å². The van der Waals surface area contributed by atoms with Crippen LogP contribution in [0.4, 0.5) is 4.39 Å². The second-order valence-corrected chi connectivity index (χ2v) is 7.04. The van der Waals surface area contributed by atoms with Crippen LogP contribution in [0.2, 0.25) is 0 Å². The maximum Gasteiger partial charge on any atom is 0.335 e. The molecule has 1 aromatic rings. The zero-order chi connectivity index (χ0) is 16.4. The van der Waals surface area contributed by atoms with Gasteiger partial charge >= 0.3 is 5.97 Å². The maximum atomic E-state index is 13.8. The van der Waals surface area contributed by atoms with E-state index in [1.165, 1.54) is 14.0 Å². The number of benzene rings is 1. The molecule has 1 atom stereocenters. The van der Waals surface area contributed by atoms with Gasteiger partial charge in [0.1, 0.15) is 15.7 Å². The summed E-state index contributed by atoms with van der Waals surface area (Å²) in [6, 6.07) is 2.31. The van der Waals surface area contributed by atoms with Gasteiger partial charge in [-0.2, -0.15) is 0 Å². The van der Waals surface area contributed by atoms with Gasteiger partial charge in [-0.3, -0.25) is 4.79 Å². The van der Waals surface area contributed by atoms with E-state index in [4.69, 9.17) is 5.11 Å². The summed E-state index contributed by atoms with van der Waals surface area (Å²) in [7, 11) is -1.91. The molecule has 6 nitrogen and oxygen atoms in total. The average molecular weight is 317 g/mol. The summed E-state index contributed by atoms with van der Waals surface area (Å²) in [5.41, 5.74) is -0.571. The Hall–Kier alpha value is -1.96. The zero-order valence-electron chi connectivity index (χ0n) is 11.8. The van der Waals surface area contributed by atoms with E-state index in [0.717, 1.165) is 29.4 Å². The van der Waals surface area contributed by atoms with Gasteiger partial charge < -0.3 is 10.0 Å². The number of aromatic carboxylic acids is 1. The van der Waals surface area contributed by atoms with E-state index in [0.29, 0.717) is 0 Å². The third kappa shape index (κ3) is 4.52. The van der Waals surface area contributed by atoms with Crippen molar-refractivity contribution in [1.82, 2.24) is 4.90 Å². The second kappa shape index (κ2) is 6.21. The van der Waals surface area contributed by atoms with Crippen molar-refractivity contribution in [2.45, 2.75) is 13.0 Å². The topological polar surface area (TPSA) is 91.8 Å². The Kier molecular flexibility index (Phi) is 5.06. The van der Waals surface area contributed by atoms with Gasteiger partial charge in [-0.25, -0.2) is 17.6 Å². The van der Waals surface area contributed by atoms with Gasteiger partial charge in [0, 0.05) is 19.3 Å². The van der Waals surface area contributed by atoms with Crippen molar-refractivity contribution in [3.8, 4) is 0 Å². The quantitative estimate of drug-likeness (QED) is 0.875. The zero-order valence-corrected chi connectivity index (χ0v) is 12.6. The number of sulfone groups is 1. The molecule has 116 valence electrons. The number of carbonyl (C=O) groups excluding carboxylic acids is 1. The fourth-order valence-corrected chi connectivity index (χ4v) is 2.86. The van der Waals surface area contributed by atoms with Crippen LogP contribution in [-0.4, -0.2) is 55.4 Å². The van der Waals surface area contributed by atoms with Crippen LogP contribution in [0.25, 0.3) is 0 Å². The average Bonchev–Trinajstić information content (AvgIpc) is 2.34. The van der Waals surface area contributed by atoms with Gasteiger partial charge in [-0.1, -0.05) is 0 Å². The number of hydrogen-bond acceptors (Lipinski definition) is 4. The predicted molar refractivity (Wildman–Crippen MR) is 74.6 cm³/mol. The lowest BCUT2D eigenvalue weighted by Crippen LogP contribution is -2.39. The maximum absolute atomic E-state index is 13.8. The molecule has 0 spiro atoms. The van der Waals surface area contributed by atoms with Crippen LogP contribution in [0, 0.1) is 5.82 Å². The number of hydrogen-bond donors (Lipinski definition) is 1. The number of carbonyl (C=O) groups is 2. The molecule has 0 bridgehead atoms. The molecule has 1 amide bonds. The van der Waals surface area contributed by atoms with Gasteiger partial charge in [0.15, 0.2) is 0 Å². The molecule has 1 rings (SSSR count). The molecule has 1 aromatic carbocycles. The molecule has 0 aliphatic carbocycles. The Morgan fingerprint density at radius 1 is 1.38 bits per heavy atom. The summed E-state index contributed by atoms with van der Waals surface area (Å²) in [6.07, 6.45) is 1.05. The molecule has 1 unspecified atom stereocenters. The number of halogens is 1. The Balaban J connectivity index is 3.00. The summed E-state index contributed by atoms with van der Waals surface area (Å²) < 4.78 is 36.2. The third-order valence-corrected chi connectivity index (χ3v) is 4.06. The summed E-state index contributed by atoms with van der Waals surface area (Å²) in [5.74, 6) is -3.21. The lowest BCUT2D eigenvalue weighted by molar-refractivity contribution is 0.0692. The molecule has 0 aliphatic rings. The molecule has 0 fully saturated rings. The van der Waals surface area contributed by atoms with Crippen LogP contribution in [0.15, 0.2) is 18.2 Å². The monoisotopic (exact) mass is 317 g/mol. The van der Waals surface area contributed by atoms with E-state index >= 15 is 0 Å². The van der Waals surface area contributed by atoms with Gasteiger partial charge in [0.05, 0.1) is 16.9 Å². The second-order valence-electron chi connectivity index (χ2n) is 4.86. The lowest BCUT2D eigenvalue weighted by atomic mass is 10.1. The first-order chi connectivity index (χ1) is 9.53. The van der Waals surface area contributed by atoms with Crippen molar-refractivity contribution in [2.75, 3.05) is 19.1 Å². The summed E-state index contributed by atoms with van der Waals surface area (Å²) in [5, 5.41) is 8.74. The van der Waals surface area contributed by atoms with Gasteiger partial charge in [0.25, 0.3) is 5.91 Å². The fourth-order valence-electron chi connectivity index (χ4n) is 1.76. The normalized spacial score (nSPS) is 12.8. The molecule has 8 heteroatoms. The summed E-state index contributed by atoms with van der Waals surface area (Å²) >= 11 is 0. The number of amides is 1. The Morgan fingerprint density at radius 2 is 1.95 bits per heavy atom. The van der Waals surface area contributed by atoms with Crippen LogP contribution in [-0.2, 0) is 9.84 Å². The molecule has 1 N–H and O–H groups in total. The van der Waals surface area contributed by atoms with Crippen molar-refractivity contribution in [1.29, 1.82) is 0 Å². The predicted octanol–water partition coefficient (Wildman–Crippen LogP) is 1.03. The molecule has 0 heterocycles. The first-order valence-corrected chi connectivity index (χ1v) is 8.06. The molecule has 0 aliphatic heterocycles.